The summed E-state index contributed by atoms with van der Waals surface area (Å²) in [6.45, 7) is 0.636. The maximum Gasteiger partial charge on any atom is 0.341 e. The fraction of sp³-hybridized carbons (Fsp3) is 0.364. The van der Waals surface area contributed by atoms with Gasteiger partial charge in [0, 0.05) is 12.5 Å². The van der Waals surface area contributed by atoms with E-state index in [1.54, 1.807) is 0 Å². The van der Waals surface area contributed by atoms with Crippen molar-refractivity contribution in [1.82, 2.24) is 0 Å². The highest BCUT2D eigenvalue weighted by Gasteiger charge is 2.28. The molecular weight excluding hydrogens is 242 g/mol. The Morgan fingerprint density at radius 2 is 2.00 bits per heavy atom. The SMILES string of the molecule is COC(=O)c1ccc([N+](=O)[O-])c2c1OCCCO2. The standard InChI is InChI=1S/C11H11NO6/c1-16-11(13)7-3-4-8(12(14)15)10-9(7)17-5-2-6-18-10/h3-4H,2,5-6H2,1H3. The molecule has 1 heterocycles. The molecule has 0 saturated heterocycles. The monoisotopic (exact) mass is 253 g/mol. The van der Waals surface area contributed by atoms with Gasteiger partial charge >= 0.3 is 11.7 Å². The van der Waals surface area contributed by atoms with Crippen LogP contribution in [0.15, 0.2) is 12.1 Å². The van der Waals surface area contributed by atoms with Crippen LogP contribution in [0.3, 0.4) is 0 Å². The first-order valence-corrected chi connectivity index (χ1v) is 5.30. The van der Waals surface area contributed by atoms with E-state index in [-0.39, 0.29) is 22.7 Å². The summed E-state index contributed by atoms with van der Waals surface area (Å²) in [6, 6.07) is 2.51. The Morgan fingerprint density at radius 3 is 2.61 bits per heavy atom. The van der Waals surface area contributed by atoms with Crippen LogP contribution in [0.4, 0.5) is 5.69 Å². The van der Waals surface area contributed by atoms with Crippen LogP contribution in [-0.2, 0) is 4.74 Å². The molecule has 0 atom stereocenters. The minimum atomic E-state index is -0.619. The number of nitro benzene ring substituents is 1. The Balaban J connectivity index is 2.59. The third kappa shape index (κ3) is 2.06. The minimum Gasteiger partial charge on any atom is -0.488 e. The van der Waals surface area contributed by atoms with Gasteiger partial charge in [-0.15, -0.1) is 0 Å². The van der Waals surface area contributed by atoms with Crippen molar-refractivity contribution in [3.63, 3.8) is 0 Å². The van der Waals surface area contributed by atoms with Crippen molar-refractivity contribution in [3.05, 3.63) is 27.8 Å². The molecule has 0 N–H and O–H groups in total. The molecule has 1 aromatic carbocycles. The number of nitrogens with zero attached hydrogens (tertiary/aromatic N) is 1. The van der Waals surface area contributed by atoms with Crippen molar-refractivity contribution < 1.29 is 23.9 Å². The second kappa shape index (κ2) is 4.91. The van der Waals surface area contributed by atoms with Crippen molar-refractivity contribution in [2.24, 2.45) is 0 Å². The molecule has 1 aliphatic rings. The van der Waals surface area contributed by atoms with E-state index < -0.39 is 10.9 Å². The van der Waals surface area contributed by atoms with Crippen LogP contribution >= 0.6 is 0 Å². The third-order valence-corrected chi connectivity index (χ3v) is 2.47. The largest absolute Gasteiger partial charge is 0.488 e. The number of hydrogen-bond donors (Lipinski definition) is 0. The van der Waals surface area contributed by atoms with E-state index in [0.717, 1.165) is 0 Å². The predicted octanol–water partition coefficient (Wildman–Crippen LogP) is 1.54. The smallest absolute Gasteiger partial charge is 0.341 e. The summed E-state index contributed by atoms with van der Waals surface area (Å²) in [6.07, 6.45) is 0.590. The maximum atomic E-state index is 11.6. The molecule has 0 unspecified atom stereocenters. The molecule has 7 nitrogen and oxygen atoms in total. The molecule has 18 heavy (non-hydrogen) atoms. The second-order valence-electron chi connectivity index (χ2n) is 3.59. The summed E-state index contributed by atoms with van der Waals surface area (Å²) in [5.74, 6) is -0.555. The van der Waals surface area contributed by atoms with Gasteiger partial charge in [0.25, 0.3) is 0 Å². The van der Waals surface area contributed by atoms with E-state index in [9.17, 15) is 14.9 Å². The Hall–Kier alpha value is -2.31. The summed E-state index contributed by atoms with van der Waals surface area (Å²) < 4.78 is 15.3. The highest BCUT2D eigenvalue weighted by Crippen LogP contribution is 2.41. The van der Waals surface area contributed by atoms with E-state index in [4.69, 9.17) is 9.47 Å². The fourth-order valence-electron chi connectivity index (χ4n) is 1.66. The quantitative estimate of drug-likeness (QED) is 0.451. The lowest BCUT2D eigenvalue weighted by Crippen LogP contribution is -2.07. The normalized spacial score (nSPS) is 13.6. The van der Waals surface area contributed by atoms with Crippen LogP contribution in [0.1, 0.15) is 16.8 Å². The lowest BCUT2D eigenvalue weighted by Gasteiger charge is -2.11. The molecule has 0 amide bonds. The lowest BCUT2D eigenvalue weighted by atomic mass is 10.1. The molecule has 0 fully saturated rings. The Morgan fingerprint density at radius 1 is 1.33 bits per heavy atom. The number of methoxy groups -OCH3 is 1. The van der Waals surface area contributed by atoms with Crippen LogP contribution in [0, 0.1) is 10.1 Å². The molecular formula is C11H11NO6. The first-order chi connectivity index (χ1) is 8.65. The third-order valence-electron chi connectivity index (χ3n) is 2.47. The number of fused-ring (bicyclic) bond motifs is 1. The van der Waals surface area contributed by atoms with E-state index >= 15 is 0 Å². The van der Waals surface area contributed by atoms with Crippen molar-refractivity contribution in [2.45, 2.75) is 6.42 Å². The molecule has 0 saturated carbocycles. The van der Waals surface area contributed by atoms with E-state index in [1.807, 2.05) is 0 Å². The van der Waals surface area contributed by atoms with Gasteiger partial charge in [0.1, 0.15) is 5.56 Å². The second-order valence-corrected chi connectivity index (χ2v) is 3.59. The van der Waals surface area contributed by atoms with E-state index in [2.05, 4.69) is 4.74 Å². The number of carbonyl (C=O) groups is 1. The van der Waals surface area contributed by atoms with Crippen LogP contribution in [-0.4, -0.2) is 31.2 Å². The Bertz CT molecular complexity index is 499. The van der Waals surface area contributed by atoms with Crippen molar-refractivity contribution in [1.29, 1.82) is 0 Å². The van der Waals surface area contributed by atoms with Gasteiger partial charge in [0.05, 0.1) is 25.2 Å². The number of rotatable bonds is 2. The lowest BCUT2D eigenvalue weighted by molar-refractivity contribution is -0.385. The van der Waals surface area contributed by atoms with Crippen molar-refractivity contribution in [3.8, 4) is 11.5 Å². The number of esters is 1. The minimum absolute atomic E-state index is 0.0135. The van der Waals surface area contributed by atoms with Crippen molar-refractivity contribution >= 4 is 11.7 Å². The topological polar surface area (TPSA) is 87.9 Å². The zero-order chi connectivity index (χ0) is 13.1. The summed E-state index contributed by atoms with van der Waals surface area (Å²) in [7, 11) is 1.23. The molecule has 96 valence electrons. The summed E-state index contributed by atoms with van der Waals surface area (Å²) in [5, 5.41) is 10.9. The van der Waals surface area contributed by atoms with E-state index in [1.165, 1.54) is 19.2 Å². The first-order valence-electron chi connectivity index (χ1n) is 5.30. The summed E-state index contributed by atoms with van der Waals surface area (Å²) >= 11 is 0. The van der Waals surface area contributed by atoms with Gasteiger partial charge in [0.15, 0.2) is 5.75 Å². The predicted molar refractivity (Wildman–Crippen MR) is 60.0 cm³/mol. The number of nitro groups is 1. The van der Waals surface area contributed by atoms with Gasteiger partial charge in [-0.3, -0.25) is 10.1 Å². The van der Waals surface area contributed by atoms with Gasteiger partial charge < -0.3 is 14.2 Å². The average Bonchev–Trinajstić information content (AvgIpc) is 2.61. The van der Waals surface area contributed by atoms with Gasteiger partial charge in [-0.2, -0.15) is 0 Å². The zero-order valence-electron chi connectivity index (χ0n) is 9.67. The first kappa shape index (κ1) is 12.2. The summed E-state index contributed by atoms with van der Waals surface area (Å²) in [4.78, 5) is 21.9. The Kier molecular flexibility index (Phi) is 3.31. The average molecular weight is 253 g/mol. The molecule has 1 aromatic rings. The van der Waals surface area contributed by atoms with Gasteiger partial charge in [-0.05, 0) is 6.07 Å². The van der Waals surface area contributed by atoms with Crippen LogP contribution in [0.5, 0.6) is 11.5 Å². The molecule has 0 radical (unpaired) electrons. The van der Waals surface area contributed by atoms with Crippen molar-refractivity contribution in [2.75, 3.05) is 20.3 Å². The maximum absolute atomic E-state index is 11.6. The summed E-state index contributed by atoms with van der Waals surface area (Å²) in [5.41, 5.74) is -0.0976. The zero-order valence-corrected chi connectivity index (χ0v) is 9.67. The number of hydrogen-bond acceptors (Lipinski definition) is 6. The van der Waals surface area contributed by atoms with Crippen LogP contribution < -0.4 is 9.47 Å². The van der Waals surface area contributed by atoms with Crippen LogP contribution in [0.25, 0.3) is 0 Å². The van der Waals surface area contributed by atoms with Gasteiger partial charge in [-0.25, -0.2) is 4.79 Å². The molecule has 7 heteroatoms. The molecule has 0 aromatic heterocycles. The highest BCUT2D eigenvalue weighted by molar-refractivity contribution is 5.94. The molecule has 0 spiro atoms. The fourth-order valence-corrected chi connectivity index (χ4v) is 1.66. The molecule has 1 aliphatic heterocycles. The number of carbonyl (C=O) groups excluding carboxylic acids is 1. The van der Waals surface area contributed by atoms with Crippen LogP contribution in [0.2, 0.25) is 0 Å². The van der Waals surface area contributed by atoms with Gasteiger partial charge in [-0.1, -0.05) is 0 Å². The highest BCUT2D eigenvalue weighted by atomic mass is 16.6. The van der Waals surface area contributed by atoms with Gasteiger partial charge in [0.2, 0.25) is 5.75 Å². The van der Waals surface area contributed by atoms with E-state index in [0.29, 0.717) is 19.6 Å². The number of benzene rings is 1. The molecule has 0 aliphatic carbocycles. The number of ether oxygens (including phenoxy) is 3. The molecule has 0 bridgehead atoms. The Labute approximate surface area is 102 Å². The molecule has 2 rings (SSSR count).